The maximum absolute atomic E-state index is 9.92. The molecule has 0 aromatic carbocycles. The van der Waals surface area contributed by atoms with Crippen LogP contribution in [-0.2, 0) is 0 Å². The van der Waals surface area contributed by atoms with Gasteiger partial charge in [0.1, 0.15) is 0 Å². The van der Waals surface area contributed by atoms with E-state index in [2.05, 4.69) is 15.5 Å². The zero-order valence-electron chi connectivity index (χ0n) is 9.96. The molecular weight excluding hydrogens is 194 g/mol. The maximum Gasteiger partial charge on any atom is 0.315 e. The fourth-order valence-electron chi connectivity index (χ4n) is 0.881. The molecule has 5 nitrogen and oxygen atoms in total. The van der Waals surface area contributed by atoms with Crippen molar-refractivity contribution < 1.29 is 9.52 Å². The Bertz CT molecular complexity index is 326. The number of hydrogen-bond acceptors (Lipinski definition) is 5. The third-order valence-corrected chi connectivity index (χ3v) is 2.86. The van der Waals surface area contributed by atoms with E-state index < -0.39 is 5.60 Å². The predicted molar refractivity (Wildman–Crippen MR) is 57.6 cm³/mol. The van der Waals surface area contributed by atoms with E-state index in [0.29, 0.717) is 18.5 Å². The van der Waals surface area contributed by atoms with Gasteiger partial charge < -0.3 is 14.8 Å². The van der Waals surface area contributed by atoms with Crippen LogP contribution < -0.4 is 5.32 Å². The van der Waals surface area contributed by atoms with E-state index >= 15 is 0 Å². The molecule has 1 aromatic heterocycles. The SMILES string of the molecule is Cc1nnc(NCC(C)(C)C(C)(C)O)o1. The molecule has 0 radical (unpaired) electrons. The summed E-state index contributed by atoms with van der Waals surface area (Å²) in [7, 11) is 0. The van der Waals surface area contributed by atoms with Gasteiger partial charge in [0.15, 0.2) is 0 Å². The van der Waals surface area contributed by atoms with E-state index in [1.165, 1.54) is 0 Å². The number of aromatic nitrogens is 2. The molecule has 15 heavy (non-hydrogen) atoms. The first-order valence-corrected chi connectivity index (χ1v) is 4.99. The molecule has 0 atom stereocenters. The second kappa shape index (κ2) is 3.81. The Hall–Kier alpha value is -1.10. The van der Waals surface area contributed by atoms with Crippen molar-refractivity contribution in [1.82, 2.24) is 10.2 Å². The third kappa shape index (κ3) is 2.92. The molecule has 0 aliphatic heterocycles. The summed E-state index contributed by atoms with van der Waals surface area (Å²) in [4.78, 5) is 0. The van der Waals surface area contributed by atoms with Crippen LogP contribution in [0, 0.1) is 12.3 Å². The summed E-state index contributed by atoms with van der Waals surface area (Å²) in [6, 6.07) is 0.393. The second-order valence-electron chi connectivity index (χ2n) is 4.92. The van der Waals surface area contributed by atoms with E-state index in [9.17, 15) is 5.11 Å². The van der Waals surface area contributed by atoms with E-state index in [-0.39, 0.29) is 5.41 Å². The number of hydrogen-bond donors (Lipinski definition) is 2. The van der Waals surface area contributed by atoms with Crippen LogP contribution in [0.1, 0.15) is 33.6 Å². The van der Waals surface area contributed by atoms with Crippen molar-refractivity contribution >= 4 is 6.01 Å². The van der Waals surface area contributed by atoms with Gasteiger partial charge in [0.25, 0.3) is 0 Å². The second-order valence-corrected chi connectivity index (χ2v) is 4.92. The molecule has 0 amide bonds. The highest BCUT2D eigenvalue weighted by Gasteiger charge is 2.35. The smallest absolute Gasteiger partial charge is 0.315 e. The highest BCUT2D eigenvalue weighted by atomic mass is 16.4. The van der Waals surface area contributed by atoms with Gasteiger partial charge in [-0.2, -0.15) is 0 Å². The predicted octanol–water partition coefficient (Wildman–Crippen LogP) is 1.59. The highest BCUT2D eigenvalue weighted by molar-refractivity contribution is 5.18. The summed E-state index contributed by atoms with van der Waals surface area (Å²) in [5.74, 6) is 0.526. The monoisotopic (exact) mass is 213 g/mol. The summed E-state index contributed by atoms with van der Waals surface area (Å²) >= 11 is 0. The zero-order chi connectivity index (χ0) is 11.7. The van der Waals surface area contributed by atoms with E-state index in [1.807, 2.05) is 13.8 Å². The molecule has 0 spiro atoms. The Morgan fingerprint density at radius 1 is 1.27 bits per heavy atom. The number of aryl methyl sites for hydroxylation is 1. The minimum absolute atomic E-state index is 0.282. The fraction of sp³-hybridized carbons (Fsp3) is 0.800. The Labute approximate surface area is 89.9 Å². The lowest BCUT2D eigenvalue weighted by Crippen LogP contribution is -2.43. The van der Waals surface area contributed by atoms with Gasteiger partial charge >= 0.3 is 6.01 Å². The van der Waals surface area contributed by atoms with Crippen molar-refractivity contribution in [3.8, 4) is 0 Å². The van der Waals surface area contributed by atoms with Crippen LogP contribution in [0.4, 0.5) is 6.01 Å². The van der Waals surface area contributed by atoms with Gasteiger partial charge in [-0.1, -0.05) is 18.9 Å². The summed E-state index contributed by atoms with van der Waals surface area (Å²) in [6.07, 6.45) is 0. The minimum atomic E-state index is -0.769. The maximum atomic E-state index is 9.92. The Balaban J connectivity index is 2.57. The first-order valence-electron chi connectivity index (χ1n) is 4.99. The van der Waals surface area contributed by atoms with Crippen LogP contribution in [-0.4, -0.2) is 27.4 Å². The first-order chi connectivity index (χ1) is 6.72. The molecule has 0 saturated carbocycles. The topological polar surface area (TPSA) is 71.2 Å². The number of anilines is 1. The summed E-state index contributed by atoms with van der Waals surface area (Å²) in [6.45, 7) is 9.82. The number of nitrogens with zero attached hydrogens (tertiary/aromatic N) is 2. The molecule has 0 aliphatic carbocycles. The van der Waals surface area contributed by atoms with Crippen LogP contribution in [0.5, 0.6) is 0 Å². The summed E-state index contributed by atoms with van der Waals surface area (Å²) in [5, 5.41) is 20.5. The normalized spacial score (nSPS) is 12.9. The molecule has 86 valence electrons. The highest BCUT2D eigenvalue weighted by Crippen LogP contribution is 2.30. The van der Waals surface area contributed by atoms with Gasteiger partial charge in [0, 0.05) is 18.9 Å². The first kappa shape index (κ1) is 12.0. The van der Waals surface area contributed by atoms with Crippen molar-refractivity contribution in [2.45, 2.75) is 40.2 Å². The van der Waals surface area contributed by atoms with Crippen LogP contribution in [0.25, 0.3) is 0 Å². The van der Waals surface area contributed by atoms with Crippen molar-refractivity contribution in [1.29, 1.82) is 0 Å². The molecule has 1 rings (SSSR count). The van der Waals surface area contributed by atoms with Crippen LogP contribution in [0.15, 0.2) is 4.42 Å². The lowest BCUT2D eigenvalue weighted by molar-refractivity contribution is -0.0272. The Morgan fingerprint density at radius 2 is 1.87 bits per heavy atom. The van der Waals surface area contributed by atoms with Crippen LogP contribution in [0.3, 0.4) is 0 Å². The average molecular weight is 213 g/mol. The van der Waals surface area contributed by atoms with E-state index in [4.69, 9.17) is 4.42 Å². The molecule has 0 saturated heterocycles. The number of aliphatic hydroxyl groups is 1. The Morgan fingerprint density at radius 3 is 2.27 bits per heavy atom. The molecule has 1 aromatic rings. The van der Waals surface area contributed by atoms with Crippen LogP contribution >= 0.6 is 0 Å². The number of nitrogens with one attached hydrogen (secondary N) is 1. The zero-order valence-corrected chi connectivity index (χ0v) is 9.96. The standard InChI is InChI=1S/C10H19N3O2/c1-7-12-13-8(15-7)11-6-9(2,3)10(4,5)14/h14H,6H2,1-5H3,(H,11,13). The van der Waals surface area contributed by atoms with Gasteiger partial charge in [-0.25, -0.2) is 0 Å². The van der Waals surface area contributed by atoms with Gasteiger partial charge in [0.05, 0.1) is 5.60 Å². The van der Waals surface area contributed by atoms with E-state index in [1.54, 1.807) is 20.8 Å². The Kier molecular flexibility index (Phi) is 3.04. The van der Waals surface area contributed by atoms with Gasteiger partial charge in [-0.15, -0.1) is 5.10 Å². The molecule has 0 bridgehead atoms. The molecular formula is C10H19N3O2. The van der Waals surface area contributed by atoms with Crippen LogP contribution in [0.2, 0.25) is 0 Å². The fourth-order valence-corrected chi connectivity index (χ4v) is 0.881. The summed E-state index contributed by atoms with van der Waals surface area (Å²) < 4.78 is 5.18. The van der Waals surface area contributed by atoms with Gasteiger partial charge in [-0.3, -0.25) is 0 Å². The lowest BCUT2D eigenvalue weighted by Gasteiger charge is -2.37. The molecule has 0 fully saturated rings. The molecule has 0 unspecified atom stereocenters. The minimum Gasteiger partial charge on any atom is -0.408 e. The van der Waals surface area contributed by atoms with Gasteiger partial charge in [0.2, 0.25) is 5.89 Å². The van der Waals surface area contributed by atoms with Crippen molar-refractivity contribution in [3.63, 3.8) is 0 Å². The van der Waals surface area contributed by atoms with E-state index in [0.717, 1.165) is 0 Å². The summed E-state index contributed by atoms with van der Waals surface area (Å²) in [5.41, 5.74) is -1.05. The third-order valence-electron chi connectivity index (χ3n) is 2.86. The molecule has 0 aliphatic rings. The van der Waals surface area contributed by atoms with Crippen molar-refractivity contribution in [2.24, 2.45) is 5.41 Å². The van der Waals surface area contributed by atoms with Gasteiger partial charge in [-0.05, 0) is 13.8 Å². The van der Waals surface area contributed by atoms with Crippen molar-refractivity contribution in [3.05, 3.63) is 5.89 Å². The van der Waals surface area contributed by atoms with Crippen molar-refractivity contribution in [2.75, 3.05) is 11.9 Å². The molecule has 5 heteroatoms. The molecule has 1 heterocycles. The average Bonchev–Trinajstić information content (AvgIpc) is 2.46. The quantitative estimate of drug-likeness (QED) is 0.794. The number of rotatable bonds is 4. The molecule has 2 N–H and O–H groups in total. The largest absolute Gasteiger partial charge is 0.408 e. The lowest BCUT2D eigenvalue weighted by atomic mass is 9.77.